The molecule has 2 aromatic rings. The fourth-order valence-electron chi connectivity index (χ4n) is 1.89. The van der Waals surface area contributed by atoms with Crippen molar-refractivity contribution in [3.8, 4) is 6.07 Å². The smallest absolute Gasteiger partial charge is 0.186 e. The van der Waals surface area contributed by atoms with Gasteiger partial charge in [0.1, 0.15) is 0 Å². The first kappa shape index (κ1) is 14.4. The summed E-state index contributed by atoms with van der Waals surface area (Å²) in [6.07, 6.45) is 3.92. The number of hydrogen-bond acceptors (Lipinski definition) is 5. The van der Waals surface area contributed by atoms with E-state index in [-0.39, 0.29) is 5.78 Å². The number of nitrogens with zero attached hydrogens (tertiary/aromatic N) is 3. The van der Waals surface area contributed by atoms with Gasteiger partial charge in [0.05, 0.1) is 17.5 Å². The Bertz CT molecular complexity index is 575. The van der Waals surface area contributed by atoms with Gasteiger partial charge in [0, 0.05) is 31.9 Å². The number of ketones is 1. The van der Waals surface area contributed by atoms with E-state index in [9.17, 15) is 4.79 Å². The molecule has 0 radical (unpaired) electrons. The lowest BCUT2D eigenvalue weighted by Gasteiger charge is -2.19. The normalized spacial score (nSPS) is 10.4. The SMILES string of the molecule is N#CCCN(CC(=O)c1cccs1)Cc1cccnc1. The number of nitriles is 1. The third-order valence-electron chi connectivity index (χ3n) is 2.83. The maximum Gasteiger partial charge on any atom is 0.186 e. The van der Waals surface area contributed by atoms with Gasteiger partial charge in [-0.05, 0) is 23.1 Å². The Balaban J connectivity index is 2.00. The Hall–Kier alpha value is -2.03. The molecule has 2 rings (SSSR count). The number of aromatic nitrogens is 1. The highest BCUT2D eigenvalue weighted by Gasteiger charge is 2.13. The van der Waals surface area contributed by atoms with Crippen LogP contribution >= 0.6 is 11.3 Å². The first-order valence-electron chi connectivity index (χ1n) is 6.34. The zero-order chi connectivity index (χ0) is 14.2. The number of pyridine rings is 1. The molecule has 102 valence electrons. The van der Waals surface area contributed by atoms with Crippen molar-refractivity contribution in [3.05, 3.63) is 52.5 Å². The van der Waals surface area contributed by atoms with Crippen molar-refractivity contribution in [1.82, 2.24) is 9.88 Å². The number of Topliss-reactive ketones (excluding diaryl/α,β-unsaturated/α-hetero) is 1. The first-order chi connectivity index (χ1) is 9.79. The first-order valence-corrected chi connectivity index (χ1v) is 7.22. The molecule has 2 heterocycles. The summed E-state index contributed by atoms with van der Waals surface area (Å²) >= 11 is 1.45. The molecule has 0 unspecified atom stereocenters. The van der Waals surface area contributed by atoms with E-state index < -0.39 is 0 Å². The summed E-state index contributed by atoms with van der Waals surface area (Å²) in [5, 5.41) is 10.6. The largest absolute Gasteiger partial charge is 0.292 e. The number of hydrogen-bond donors (Lipinski definition) is 0. The standard InChI is InChI=1S/C15H15N3OS/c16-6-3-8-18(11-13-4-1-7-17-10-13)12-14(19)15-5-2-9-20-15/h1-2,4-5,7,9-10H,3,8,11-12H2. The highest BCUT2D eigenvalue weighted by atomic mass is 32.1. The van der Waals surface area contributed by atoms with Crippen molar-refractivity contribution >= 4 is 17.1 Å². The number of carbonyl (C=O) groups is 1. The van der Waals surface area contributed by atoms with Crippen LogP contribution in [0.4, 0.5) is 0 Å². The molecule has 0 fully saturated rings. The molecule has 0 aromatic carbocycles. The fraction of sp³-hybridized carbons (Fsp3) is 0.267. The van der Waals surface area contributed by atoms with Crippen molar-refractivity contribution < 1.29 is 4.79 Å². The highest BCUT2D eigenvalue weighted by Crippen LogP contribution is 2.11. The van der Waals surface area contributed by atoms with Gasteiger partial charge in [-0.15, -0.1) is 11.3 Å². The zero-order valence-corrected chi connectivity index (χ0v) is 11.8. The van der Waals surface area contributed by atoms with Crippen LogP contribution in [0.25, 0.3) is 0 Å². The van der Waals surface area contributed by atoms with Crippen molar-refractivity contribution in [2.45, 2.75) is 13.0 Å². The van der Waals surface area contributed by atoms with Crippen LogP contribution in [0.1, 0.15) is 21.7 Å². The molecule has 0 amide bonds. The van der Waals surface area contributed by atoms with E-state index >= 15 is 0 Å². The van der Waals surface area contributed by atoms with E-state index in [0.717, 1.165) is 10.4 Å². The highest BCUT2D eigenvalue weighted by molar-refractivity contribution is 7.12. The lowest BCUT2D eigenvalue weighted by molar-refractivity contribution is 0.0931. The number of carbonyl (C=O) groups excluding carboxylic acids is 1. The summed E-state index contributed by atoms with van der Waals surface area (Å²) in [5.41, 5.74) is 1.05. The van der Waals surface area contributed by atoms with Crippen LogP contribution in [-0.2, 0) is 6.54 Å². The minimum absolute atomic E-state index is 0.0989. The minimum Gasteiger partial charge on any atom is -0.292 e. The Morgan fingerprint density at radius 2 is 2.30 bits per heavy atom. The monoisotopic (exact) mass is 285 g/mol. The molecule has 0 aliphatic heterocycles. The predicted molar refractivity (Wildman–Crippen MR) is 78.4 cm³/mol. The average molecular weight is 285 g/mol. The Labute approximate surface area is 122 Å². The molecular weight excluding hydrogens is 270 g/mol. The second kappa shape index (κ2) is 7.53. The molecule has 4 nitrogen and oxygen atoms in total. The fourth-order valence-corrected chi connectivity index (χ4v) is 2.55. The molecule has 0 bridgehead atoms. The molecule has 0 saturated carbocycles. The van der Waals surface area contributed by atoms with Gasteiger partial charge in [-0.3, -0.25) is 14.7 Å². The van der Waals surface area contributed by atoms with Gasteiger partial charge < -0.3 is 0 Å². The van der Waals surface area contributed by atoms with Gasteiger partial charge in [-0.1, -0.05) is 12.1 Å². The van der Waals surface area contributed by atoms with Crippen LogP contribution < -0.4 is 0 Å². The topological polar surface area (TPSA) is 57.0 Å². The Morgan fingerprint density at radius 3 is 2.95 bits per heavy atom. The average Bonchev–Trinajstić information content (AvgIpc) is 3.00. The molecular formula is C15H15N3OS. The number of thiophene rings is 1. The molecule has 0 saturated heterocycles. The van der Waals surface area contributed by atoms with Gasteiger partial charge in [-0.25, -0.2) is 0 Å². The Kier molecular flexibility index (Phi) is 5.42. The van der Waals surface area contributed by atoms with Crippen LogP contribution in [0.5, 0.6) is 0 Å². The molecule has 20 heavy (non-hydrogen) atoms. The number of rotatable bonds is 7. The van der Waals surface area contributed by atoms with Gasteiger partial charge in [0.25, 0.3) is 0 Å². The zero-order valence-electron chi connectivity index (χ0n) is 11.0. The van der Waals surface area contributed by atoms with Crippen LogP contribution in [0.15, 0.2) is 42.0 Å². The van der Waals surface area contributed by atoms with E-state index in [4.69, 9.17) is 5.26 Å². The third-order valence-corrected chi connectivity index (χ3v) is 3.74. The summed E-state index contributed by atoms with van der Waals surface area (Å²) in [4.78, 5) is 19.0. The quantitative estimate of drug-likeness (QED) is 0.734. The molecule has 5 heteroatoms. The van der Waals surface area contributed by atoms with Gasteiger partial charge in [0.2, 0.25) is 0 Å². The van der Waals surface area contributed by atoms with Gasteiger partial charge >= 0.3 is 0 Å². The maximum atomic E-state index is 12.1. The predicted octanol–water partition coefficient (Wildman–Crippen LogP) is 2.74. The van der Waals surface area contributed by atoms with E-state index in [2.05, 4.69) is 11.1 Å². The maximum absolute atomic E-state index is 12.1. The van der Waals surface area contributed by atoms with E-state index in [1.54, 1.807) is 12.4 Å². The molecule has 0 aliphatic carbocycles. The van der Waals surface area contributed by atoms with Crippen LogP contribution in [0.2, 0.25) is 0 Å². The minimum atomic E-state index is 0.0989. The van der Waals surface area contributed by atoms with E-state index in [0.29, 0.717) is 26.1 Å². The van der Waals surface area contributed by atoms with Gasteiger partial charge in [0.15, 0.2) is 5.78 Å². The molecule has 2 aromatic heterocycles. The second-order valence-electron chi connectivity index (χ2n) is 4.38. The molecule has 0 aliphatic rings. The van der Waals surface area contributed by atoms with E-state index in [1.807, 2.05) is 34.5 Å². The van der Waals surface area contributed by atoms with Crippen molar-refractivity contribution in [2.75, 3.05) is 13.1 Å². The van der Waals surface area contributed by atoms with Crippen molar-refractivity contribution in [1.29, 1.82) is 5.26 Å². The summed E-state index contributed by atoms with van der Waals surface area (Å²) in [5.74, 6) is 0.0989. The van der Waals surface area contributed by atoms with Gasteiger partial charge in [-0.2, -0.15) is 5.26 Å². The lowest BCUT2D eigenvalue weighted by atomic mass is 10.2. The van der Waals surface area contributed by atoms with Crippen LogP contribution in [0, 0.1) is 11.3 Å². The second-order valence-corrected chi connectivity index (χ2v) is 5.33. The van der Waals surface area contributed by atoms with Crippen molar-refractivity contribution in [3.63, 3.8) is 0 Å². The molecule has 0 atom stereocenters. The van der Waals surface area contributed by atoms with E-state index in [1.165, 1.54) is 11.3 Å². The molecule has 0 N–H and O–H groups in total. The summed E-state index contributed by atoms with van der Waals surface area (Å²) in [7, 11) is 0. The lowest BCUT2D eigenvalue weighted by Crippen LogP contribution is -2.30. The summed E-state index contributed by atoms with van der Waals surface area (Å²) in [6, 6.07) is 9.68. The third kappa shape index (κ3) is 4.26. The van der Waals surface area contributed by atoms with Crippen LogP contribution in [-0.4, -0.2) is 28.8 Å². The van der Waals surface area contributed by atoms with Crippen LogP contribution in [0.3, 0.4) is 0 Å². The Morgan fingerprint density at radius 1 is 1.40 bits per heavy atom. The van der Waals surface area contributed by atoms with Crippen molar-refractivity contribution in [2.24, 2.45) is 0 Å². The summed E-state index contributed by atoms with van der Waals surface area (Å²) < 4.78 is 0. The molecule has 0 spiro atoms. The summed E-state index contributed by atoms with van der Waals surface area (Å²) in [6.45, 7) is 1.55.